The van der Waals surface area contributed by atoms with E-state index in [1.54, 1.807) is 66.9 Å². The Morgan fingerprint density at radius 2 is 1.97 bits per heavy atom. The summed E-state index contributed by atoms with van der Waals surface area (Å²) in [6.07, 6.45) is 1.55. The van der Waals surface area contributed by atoms with Gasteiger partial charge < -0.3 is 14.5 Å². The van der Waals surface area contributed by atoms with Gasteiger partial charge in [0.05, 0.1) is 35.8 Å². The van der Waals surface area contributed by atoms with E-state index in [4.69, 9.17) is 14.4 Å². The smallest absolute Gasteiger partial charge is 0.339 e. The maximum Gasteiger partial charge on any atom is 0.339 e. The predicted octanol–water partition coefficient (Wildman–Crippen LogP) is 3.92. The van der Waals surface area contributed by atoms with E-state index in [9.17, 15) is 9.59 Å². The molecule has 0 unspecified atom stereocenters. The Morgan fingerprint density at radius 3 is 2.76 bits per heavy atom. The number of hydrogen-bond acceptors (Lipinski definition) is 6. The highest BCUT2D eigenvalue weighted by atomic mass is 32.2. The zero-order valence-electron chi connectivity index (χ0n) is 15.5. The lowest BCUT2D eigenvalue weighted by Crippen LogP contribution is -2.24. The van der Waals surface area contributed by atoms with Gasteiger partial charge in [0, 0.05) is 4.90 Å². The average molecular weight is 406 g/mol. The molecule has 0 aliphatic rings. The van der Waals surface area contributed by atoms with Gasteiger partial charge in [0.15, 0.2) is 0 Å². The highest BCUT2D eigenvalue weighted by Gasteiger charge is 2.14. The molecule has 0 saturated heterocycles. The van der Waals surface area contributed by atoms with E-state index in [2.05, 4.69) is 11.4 Å². The number of nitriles is 1. The van der Waals surface area contributed by atoms with Gasteiger partial charge in [-0.2, -0.15) is 5.26 Å². The molecule has 3 aromatic rings. The quantitative estimate of drug-likeness (QED) is 0.450. The van der Waals surface area contributed by atoms with Gasteiger partial charge in [0.2, 0.25) is 5.91 Å². The van der Waals surface area contributed by atoms with Crippen LogP contribution in [0.5, 0.6) is 0 Å². The monoisotopic (exact) mass is 406 g/mol. The molecule has 1 heterocycles. The number of nitrogens with one attached hydrogen (secondary N) is 1. The van der Waals surface area contributed by atoms with Crippen molar-refractivity contribution in [3.63, 3.8) is 0 Å². The minimum Gasteiger partial charge on any atom is -0.467 e. The molecule has 3 rings (SSSR count). The second kappa shape index (κ2) is 10.2. The number of rotatable bonds is 8. The normalized spacial score (nSPS) is 10.2. The summed E-state index contributed by atoms with van der Waals surface area (Å²) in [4.78, 5) is 25.2. The summed E-state index contributed by atoms with van der Waals surface area (Å²) in [6, 6.07) is 19.5. The van der Waals surface area contributed by atoms with E-state index in [0.29, 0.717) is 28.3 Å². The van der Waals surface area contributed by atoms with Crippen molar-refractivity contribution in [2.45, 2.75) is 18.0 Å². The molecule has 1 N–H and O–H groups in total. The number of nitrogens with zero attached hydrogens (tertiary/aromatic N) is 1. The zero-order chi connectivity index (χ0) is 20.5. The molecule has 0 saturated carbocycles. The van der Waals surface area contributed by atoms with Crippen LogP contribution in [0.25, 0.3) is 0 Å². The number of carbonyl (C=O) groups excluding carboxylic acids is 2. The SMILES string of the molecule is N#Cc1cccc(COC(=O)c2ccccc2SCC(=O)NCc2ccco2)c1. The Hall–Kier alpha value is -3.50. The van der Waals surface area contributed by atoms with Crippen LogP contribution >= 0.6 is 11.8 Å². The van der Waals surface area contributed by atoms with Gasteiger partial charge in [-0.05, 0) is 42.0 Å². The van der Waals surface area contributed by atoms with Gasteiger partial charge in [-0.15, -0.1) is 11.8 Å². The summed E-state index contributed by atoms with van der Waals surface area (Å²) in [5.41, 5.74) is 1.64. The van der Waals surface area contributed by atoms with E-state index in [1.165, 1.54) is 11.8 Å². The lowest BCUT2D eigenvalue weighted by molar-refractivity contribution is -0.118. The lowest BCUT2D eigenvalue weighted by Gasteiger charge is -2.10. The summed E-state index contributed by atoms with van der Waals surface area (Å²) >= 11 is 1.26. The van der Waals surface area contributed by atoms with E-state index >= 15 is 0 Å². The highest BCUT2D eigenvalue weighted by Crippen LogP contribution is 2.23. The summed E-state index contributed by atoms with van der Waals surface area (Å²) in [5.74, 6) is 0.192. The minimum atomic E-state index is -0.480. The van der Waals surface area contributed by atoms with Crippen molar-refractivity contribution in [1.82, 2.24) is 5.32 Å². The van der Waals surface area contributed by atoms with Crippen molar-refractivity contribution >= 4 is 23.6 Å². The Kier molecular flexibility index (Phi) is 7.09. The fourth-order valence-corrected chi connectivity index (χ4v) is 3.38. The standard InChI is InChI=1S/C22H18N2O4S/c23-12-16-5-3-6-17(11-16)14-28-22(26)19-8-1-2-9-20(19)29-15-21(25)24-13-18-7-4-10-27-18/h1-11H,13-15H2,(H,24,25). The molecule has 1 amide bonds. The maximum atomic E-state index is 12.5. The van der Waals surface area contributed by atoms with Crippen LogP contribution in [0.1, 0.15) is 27.2 Å². The first kappa shape index (κ1) is 20.2. The van der Waals surface area contributed by atoms with Crippen molar-refractivity contribution < 1.29 is 18.7 Å². The number of hydrogen-bond donors (Lipinski definition) is 1. The molecule has 146 valence electrons. The first-order valence-electron chi connectivity index (χ1n) is 8.83. The van der Waals surface area contributed by atoms with Gasteiger partial charge in [-0.25, -0.2) is 4.79 Å². The fourth-order valence-electron chi connectivity index (χ4n) is 2.51. The Bertz CT molecular complexity index is 1030. The third-order valence-electron chi connectivity index (χ3n) is 3.93. The Morgan fingerprint density at radius 1 is 1.10 bits per heavy atom. The van der Waals surface area contributed by atoms with Crippen LogP contribution in [-0.4, -0.2) is 17.6 Å². The van der Waals surface area contributed by atoms with Gasteiger partial charge >= 0.3 is 5.97 Å². The zero-order valence-corrected chi connectivity index (χ0v) is 16.3. The molecule has 0 aliphatic carbocycles. The average Bonchev–Trinajstić information content (AvgIpc) is 3.28. The van der Waals surface area contributed by atoms with Crippen LogP contribution in [0.3, 0.4) is 0 Å². The van der Waals surface area contributed by atoms with Crippen molar-refractivity contribution in [2.24, 2.45) is 0 Å². The van der Waals surface area contributed by atoms with Gasteiger partial charge in [0.1, 0.15) is 12.4 Å². The summed E-state index contributed by atoms with van der Waals surface area (Å²) in [5, 5.41) is 11.7. The first-order valence-corrected chi connectivity index (χ1v) is 9.81. The topological polar surface area (TPSA) is 92.3 Å². The van der Waals surface area contributed by atoms with Crippen molar-refractivity contribution in [3.8, 4) is 6.07 Å². The van der Waals surface area contributed by atoms with Crippen LogP contribution in [0.2, 0.25) is 0 Å². The van der Waals surface area contributed by atoms with Crippen molar-refractivity contribution in [1.29, 1.82) is 5.26 Å². The molecule has 6 nitrogen and oxygen atoms in total. The Labute approximate surface area is 172 Å². The van der Waals surface area contributed by atoms with E-state index in [-0.39, 0.29) is 18.3 Å². The number of benzene rings is 2. The second-order valence-corrected chi connectivity index (χ2v) is 7.05. The molecule has 7 heteroatoms. The first-order chi connectivity index (χ1) is 14.2. The van der Waals surface area contributed by atoms with Crippen LogP contribution < -0.4 is 5.32 Å². The van der Waals surface area contributed by atoms with Gasteiger partial charge in [-0.1, -0.05) is 24.3 Å². The highest BCUT2D eigenvalue weighted by molar-refractivity contribution is 8.00. The number of ether oxygens (including phenoxy) is 1. The lowest BCUT2D eigenvalue weighted by atomic mass is 10.1. The third-order valence-corrected chi connectivity index (χ3v) is 5.01. The largest absolute Gasteiger partial charge is 0.467 e. The van der Waals surface area contributed by atoms with Crippen LogP contribution in [0.4, 0.5) is 0 Å². The molecule has 0 aliphatic heterocycles. The van der Waals surface area contributed by atoms with Gasteiger partial charge in [-0.3, -0.25) is 4.79 Å². The van der Waals surface area contributed by atoms with E-state index < -0.39 is 5.97 Å². The molecule has 2 aromatic carbocycles. The molecule has 29 heavy (non-hydrogen) atoms. The summed E-state index contributed by atoms with van der Waals surface area (Å²) in [6.45, 7) is 0.384. The van der Waals surface area contributed by atoms with Gasteiger partial charge in [0.25, 0.3) is 0 Å². The van der Waals surface area contributed by atoms with Crippen LogP contribution in [0.15, 0.2) is 76.2 Å². The minimum absolute atomic E-state index is 0.0665. The number of furan rings is 1. The van der Waals surface area contributed by atoms with E-state index in [0.717, 1.165) is 5.56 Å². The number of amides is 1. The molecule has 0 bridgehead atoms. The molecule has 0 spiro atoms. The Balaban J connectivity index is 1.55. The molecular formula is C22H18N2O4S. The molecule has 0 radical (unpaired) electrons. The van der Waals surface area contributed by atoms with E-state index in [1.807, 2.05) is 0 Å². The van der Waals surface area contributed by atoms with Crippen LogP contribution in [-0.2, 0) is 22.7 Å². The number of esters is 1. The molecular weight excluding hydrogens is 388 g/mol. The second-order valence-electron chi connectivity index (χ2n) is 6.03. The van der Waals surface area contributed by atoms with Crippen molar-refractivity contribution in [3.05, 3.63) is 89.4 Å². The summed E-state index contributed by atoms with van der Waals surface area (Å²) in [7, 11) is 0. The predicted molar refractivity (Wildman–Crippen MR) is 108 cm³/mol. The molecule has 0 fully saturated rings. The third kappa shape index (κ3) is 5.99. The summed E-state index contributed by atoms with van der Waals surface area (Å²) < 4.78 is 10.6. The fraction of sp³-hybridized carbons (Fsp3) is 0.136. The number of carbonyl (C=O) groups is 2. The number of thioether (sulfide) groups is 1. The molecule has 1 aromatic heterocycles. The van der Waals surface area contributed by atoms with Crippen LogP contribution in [0, 0.1) is 11.3 Å². The molecule has 0 atom stereocenters. The maximum absolute atomic E-state index is 12.5. The van der Waals surface area contributed by atoms with Crippen molar-refractivity contribution in [2.75, 3.05) is 5.75 Å².